The van der Waals surface area contributed by atoms with E-state index < -0.39 is 0 Å². The topological polar surface area (TPSA) is 17.3 Å². The number of hydrogen-bond acceptors (Lipinski definition) is 2. The molecule has 0 bridgehead atoms. The zero-order valence-electron chi connectivity index (χ0n) is 13.5. The van der Waals surface area contributed by atoms with E-state index >= 15 is 0 Å². The van der Waals surface area contributed by atoms with Crippen LogP contribution < -0.4 is 4.80 Å². The van der Waals surface area contributed by atoms with Crippen LogP contribution in [0, 0.1) is 13.8 Å². The van der Waals surface area contributed by atoms with Crippen molar-refractivity contribution in [1.29, 1.82) is 0 Å². The third-order valence-electron chi connectivity index (χ3n) is 3.70. The van der Waals surface area contributed by atoms with Crippen molar-refractivity contribution in [1.82, 2.24) is 4.57 Å². The fourth-order valence-corrected chi connectivity index (χ4v) is 3.35. The Morgan fingerprint density at radius 1 is 1.00 bits per heavy atom. The Balaban J connectivity index is 2.20. The lowest BCUT2D eigenvalue weighted by Crippen LogP contribution is -2.14. The van der Waals surface area contributed by atoms with E-state index in [-0.39, 0.29) is 0 Å². The molecule has 2 nitrogen and oxygen atoms in total. The fraction of sp³-hybridized carbons (Fsp3) is 0.150. The van der Waals surface area contributed by atoms with Crippen molar-refractivity contribution < 1.29 is 0 Å². The van der Waals surface area contributed by atoms with Crippen LogP contribution in [0.25, 0.3) is 16.9 Å². The van der Waals surface area contributed by atoms with E-state index in [1.54, 1.807) is 11.3 Å². The molecule has 0 atom stereocenters. The molecule has 0 amide bonds. The normalized spacial score (nSPS) is 11.7. The molecule has 0 N–H and O–H groups in total. The molecule has 0 saturated carbocycles. The maximum absolute atomic E-state index is 4.65. The van der Waals surface area contributed by atoms with Crippen LogP contribution in [-0.4, -0.2) is 11.1 Å². The summed E-state index contributed by atoms with van der Waals surface area (Å²) in [6, 6.07) is 17.2. The highest BCUT2D eigenvalue weighted by atomic mass is 32.1. The van der Waals surface area contributed by atoms with Crippen LogP contribution in [0.5, 0.6) is 0 Å². The van der Waals surface area contributed by atoms with E-state index in [0.717, 1.165) is 10.5 Å². The monoisotopic (exact) mass is 320 g/mol. The molecule has 23 heavy (non-hydrogen) atoms. The molecule has 116 valence electrons. The van der Waals surface area contributed by atoms with Crippen LogP contribution in [0.4, 0.5) is 0 Å². The molecule has 0 unspecified atom stereocenters. The Bertz CT molecular complexity index is 865. The summed E-state index contributed by atoms with van der Waals surface area (Å²) >= 11 is 1.66. The van der Waals surface area contributed by atoms with Crippen LogP contribution in [-0.2, 0) is 0 Å². The average molecular weight is 320 g/mol. The highest BCUT2D eigenvalue weighted by Crippen LogP contribution is 2.24. The van der Waals surface area contributed by atoms with Crippen LogP contribution in [0.1, 0.15) is 11.1 Å². The molecule has 0 radical (unpaired) electrons. The SMILES string of the molecule is C=CCN=c1scc(-c2ccc(C)cc2)n1-c1ccc(C)cc1. The van der Waals surface area contributed by atoms with Gasteiger partial charge in [0, 0.05) is 11.1 Å². The van der Waals surface area contributed by atoms with Crippen LogP contribution in [0.2, 0.25) is 0 Å². The number of rotatable bonds is 4. The van der Waals surface area contributed by atoms with Gasteiger partial charge in [0.2, 0.25) is 0 Å². The lowest BCUT2D eigenvalue weighted by Gasteiger charge is -2.10. The van der Waals surface area contributed by atoms with Crippen molar-refractivity contribution in [2.24, 2.45) is 4.99 Å². The second-order valence-electron chi connectivity index (χ2n) is 5.57. The third kappa shape index (κ3) is 3.35. The quantitative estimate of drug-likeness (QED) is 0.608. The molecule has 0 aliphatic carbocycles. The molecule has 3 heteroatoms. The lowest BCUT2D eigenvalue weighted by molar-refractivity contribution is 0.975. The molecule has 0 fully saturated rings. The van der Waals surface area contributed by atoms with E-state index in [9.17, 15) is 0 Å². The van der Waals surface area contributed by atoms with Crippen LogP contribution in [0.15, 0.2) is 71.6 Å². The number of nitrogens with zero attached hydrogens (tertiary/aromatic N) is 2. The zero-order valence-corrected chi connectivity index (χ0v) is 14.3. The molecule has 2 aromatic carbocycles. The van der Waals surface area contributed by atoms with Crippen molar-refractivity contribution in [3.63, 3.8) is 0 Å². The first-order valence-electron chi connectivity index (χ1n) is 7.65. The highest BCUT2D eigenvalue weighted by Gasteiger charge is 2.09. The molecule has 0 aliphatic heterocycles. The van der Waals surface area contributed by atoms with Gasteiger partial charge in [-0.3, -0.25) is 9.56 Å². The van der Waals surface area contributed by atoms with E-state index in [1.807, 2.05) is 6.08 Å². The molecular weight excluding hydrogens is 300 g/mol. The summed E-state index contributed by atoms with van der Waals surface area (Å²) in [5.74, 6) is 0. The first kappa shape index (κ1) is 15.5. The Labute approximate surface area is 141 Å². The fourth-order valence-electron chi connectivity index (χ4n) is 2.43. The van der Waals surface area contributed by atoms with Gasteiger partial charge in [0.25, 0.3) is 0 Å². The molecule has 1 heterocycles. The summed E-state index contributed by atoms with van der Waals surface area (Å²) in [6.45, 7) is 8.60. The molecule has 3 rings (SSSR count). The van der Waals surface area contributed by atoms with Gasteiger partial charge in [-0.05, 0) is 31.5 Å². The maximum atomic E-state index is 4.65. The van der Waals surface area contributed by atoms with Gasteiger partial charge in [-0.15, -0.1) is 17.9 Å². The lowest BCUT2D eigenvalue weighted by atomic mass is 10.1. The molecule has 0 saturated heterocycles. The maximum Gasteiger partial charge on any atom is 0.190 e. The molecule has 0 aliphatic rings. The van der Waals surface area contributed by atoms with Gasteiger partial charge in [0.15, 0.2) is 4.80 Å². The van der Waals surface area contributed by atoms with E-state index in [2.05, 4.69) is 83.9 Å². The van der Waals surface area contributed by atoms with Crippen LogP contribution in [0.3, 0.4) is 0 Å². The van der Waals surface area contributed by atoms with Gasteiger partial charge < -0.3 is 0 Å². The van der Waals surface area contributed by atoms with Gasteiger partial charge >= 0.3 is 0 Å². The summed E-state index contributed by atoms with van der Waals surface area (Å²) in [5.41, 5.74) is 6.03. The average Bonchev–Trinajstić information content (AvgIpc) is 2.98. The summed E-state index contributed by atoms with van der Waals surface area (Å²) in [4.78, 5) is 5.64. The molecule has 3 aromatic rings. The Kier molecular flexibility index (Phi) is 4.58. The van der Waals surface area contributed by atoms with Crippen molar-refractivity contribution in [2.75, 3.05) is 6.54 Å². The van der Waals surface area contributed by atoms with Gasteiger partial charge in [-0.2, -0.15) is 0 Å². The largest absolute Gasteiger partial charge is 0.285 e. The zero-order chi connectivity index (χ0) is 16.2. The second-order valence-corrected chi connectivity index (χ2v) is 6.41. The number of thiazole rings is 1. The highest BCUT2D eigenvalue weighted by molar-refractivity contribution is 7.07. The summed E-state index contributed by atoms with van der Waals surface area (Å²) < 4.78 is 2.22. The summed E-state index contributed by atoms with van der Waals surface area (Å²) in [6.07, 6.45) is 1.82. The predicted octanol–water partition coefficient (Wildman–Crippen LogP) is 4.91. The predicted molar refractivity (Wildman–Crippen MR) is 99.2 cm³/mol. The minimum Gasteiger partial charge on any atom is -0.285 e. The Morgan fingerprint density at radius 3 is 2.22 bits per heavy atom. The minimum atomic E-state index is 0.625. The van der Waals surface area contributed by atoms with Crippen LogP contribution >= 0.6 is 11.3 Å². The van der Waals surface area contributed by atoms with Gasteiger partial charge in [-0.25, -0.2) is 0 Å². The molecule has 0 spiro atoms. The summed E-state index contributed by atoms with van der Waals surface area (Å²) in [7, 11) is 0. The minimum absolute atomic E-state index is 0.625. The molecule has 1 aromatic heterocycles. The van der Waals surface area contributed by atoms with Crippen molar-refractivity contribution in [2.45, 2.75) is 13.8 Å². The van der Waals surface area contributed by atoms with Gasteiger partial charge in [0.1, 0.15) is 0 Å². The van der Waals surface area contributed by atoms with E-state index in [1.165, 1.54) is 22.4 Å². The van der Waals surface area contributed by atoms with Gasteiger partial charge in [0.05, 0.1) is 12.2 Å². The Hall–Kier alpha value is -2.39. The summed E-state index contributed by atoms with van der Waals surface area (Å²) in [5, 5.41) is 2.17. The van der Waals surface area contributed by atoms with E-state index in [4.69, 9.17) is 0 Å². The third-order valence-corrected chi connectivity index (χ3v) is 4.57. The first-order valence-corrected chi connectivity index (χ1v) is 8.53. The molecular formula is C20H20N2S. The Morgan fingerprint density at radius 2 is 1.61 bits per heavy atom. The van der Waals surface area contributed by atoms with Gasteiger partial charge in [-0.1, -0.05) is 53.6 Å². The van der Waals surface area contributed by atoms with Crippen molar-refractivity contribution >= 4 is 11.3 Å². The number of hydrogen-bond donors (Lipinski definition) is 0. The number of aryl methyl sites for hydroxylation is 2. The van der Waals surface area contributed by atoms with Crippen molar-refractivity contribution in [3.8, 4) is 16.9 Å². The second kappa shape index (κ2) is 6.80. The number of aromatic nitrogens is 1. The standard InChI is InChI=1S/C20H20N2S/c1-4-13-21-20-22(18-11-7-16(3)8-12-18)19(14-23-20)17-9-5-15(2)6-10-17/h4-12,14H,1,13H2,2-3H3. The number of benzene rings is 2. The first-order chi connectivity index (χ1) is 11.2. The van der Waals surface area contributed by atoms with Crippen molar-refractivity contribution in [3.05, 3.63) is 82.5 Å². The smallest absolute Gasteiger partial charge is 0.190 e. The van der Waals surface area contributed by atoms with E-state index in [0.29, 0.717) is 6.54 Å².